The molecule has 1 aliphatic rings. The fraction of sp³-hybridized carbons (Fsp3) is 0.333. The summed E-state index contributed by atoms with van der Waals surface area (Å²) in [6.07, 6.45) is -10.0. The summed E-state index contributed by atoms with van der Waals surface area (Å²) in [4.78, 5) is 0. The van der Waals surface area contributed by atoms with Crippen LogP contribution in [0.4, 0.5) is 39.5 Å². The fourth-order valence-electron chi connectivity index (χ4n) is 4.10. The van der Waals surface area contributed by atoms with E-state index in [1.54, 1.807) is 24.3 Å². The molecule has 230 valence electrons. The van der Waals surface area contributed by atoms with Crippen LogP contribution in [0.25, 0.3) is 0 Å². The van der Waals surface area contributed by atoms with Crippen molar-refractivity contribution in [2.45, 2.75) is 31.9 Å². The highest BCUT2D eigenvalue weighted by Gasteiger charge is 2.43. The van der Waals surface area contributed by atoms with Crippen molar-refractivity contribution in [2.75, 3.05) is 26.4 Å². The molecule has 43 heavy (non-hydrogen) atoms. The standard InChI is InChI=1S/C30H23F9O4/c1-2-9-40-14-19-15-41-28(42-16-19)20-7-5-17(6-8-20)3-4-18-10-22(31)27(23(32)11-18)30(38,39)43-21-12-24(33)26(25(34)13-21)29(35,36)37/h5-8,10-13,19,28H,2,9,14-16H2,1H3. The van der Waals surface area contributed by atoms with Crippen LogP contribution in [0.15, 0.2) is 48.5 Å². The molecule has 4 nitrogen and oxygen atoms in total. The van der Waals surface area contributed by atoms with Gasteiger partial charge in [0.2, 0.25) is 0 Å². The Kier molecular flexibility index (Phi) is 9.94. The van der Waals surface area contributed by atoms with Crippen LogP contribution in [0, 0.1) is 41.0 Å². The van der Waals surface area contributed by atoms with E-state index in [4.69, 9.17) is 14.2 Å². The number of halogens is 9. The van der Waals surface area contributed by atoms with Gasteiger partial charge in [0.25, 0.3) is 0 Å². The molecule has 13 heteroatoms. The van der Waals surface area contributed by atoms with Crippen molar-refractivity contribution < 1.29 is 58.5 Å². The first-order valence-corrected chi connectivity index (χ1v) is 12.8. The molecule has 1 fully saturated rings. The number of alkyl halides is 5. The predicted molar refractivity (Wildman–Crippen MR) is 134 cm³/mol. The van der Waals surface area contributed by atoms with Crippen LogP contribution in [-0.2, 0) is 26.5 Å². The lowest BCUT2D eigenvalue weighted by Gasteiger charge is -2.29. The van der Waals surface area contributed by atoms with Crippen LogP contribution in [0.2, 0.25) is 0 Å². The van der Waals surface area contributed by atoms with E-state index < -0.39 is 58.7 Å². The Morgan fingerprint density at radius 3 is 1.84 bits per heavy atom. The maximum Gasteiger partial charge on any atom is 0.432 e. The molecule has 0 aromatic heterocycles. The molecule has 0 unspecified atom stereocenters. The molecule has 1 aliphatic heterocycles. The minimum absolute atomic E-state index is 0.113. The van der Waals surface area contributed by atoms with Gasteiger partial charge in [-0.2, -0.15) is 22.0 Å². The maximum absolute atomic E-state index is 14.6. The molecule has 0 N–H and O–H groups in total. The maximum atomic E-state index is 14.6. The fourth-order valence-corrected chi connectivity index (χ4v) is 4.10. The quantitative estimate of drug-likeness (QED) is 0.146. The third-order valence-electron chi connectivity index (χ3n) is 6.08. The lowest BCUT2D eigenvalue weighted by molar-refractivity contribution is -0.212. The number of hydrogen-bond acceptors (Lipinski definition) is 4. The van der Waals surface area contributed by atoms with Gasteiger partial charge in [-0.25, -0.2) is 17.6 Å². The zero-order valence-electron chi connectivity index (χ0n) is 22.3. The highest BCUT2D eigenvalue weighted by Crippen LogP contribution is 2.39. The van der Waals surface area contributed by atoms with E-state index >= 15 is 0 Å². The molecule has 0 saturated carbocycles. The molecule has 0 atom stereocenters. The van der Waals surface area contributed by atoms with E-state index in [1.807, 2.05) is 6.92 Å². The lowest BCUT2D eigenvalue weighted by Crippen LogP contribution is -2.30. The van der Waals surface area contributed by atoms with Gasteiger partial charge in [-0.1, -0.05) is 30.9 Å². The molecule has 0 radical (unpaired) electrons. The first-order valence-electron chi connectivity index (χ1n) is 12.8. The van der Waals surface area contributed by atoms with E-state index in [0.29, 0.717) is 49.7 Å². The monoisotopic (exact) mass is 618 g/mol. The summed E-state index contributed by atoms with van der Waals surface area (Å²) in [5.74, 6) is -4.38. The summed E-state index contributed by atoms with van der Waals surface area (Å²) >= 11 is 0. The summed E-state index contributed by atoms with van der Waals surface area (Å²) in [5, 5.41) is 0. The number of ether oxygens (including phenoxy) is 4. The van der Waals surface area contributed by atoms with Gasteiger partial charge < -0.3 is 18.9 Å². The molecule has 1 heterocycles. The molecular weight excluding hydrogens is 595 g/mol. The topological polar surface area (TPSA) is 36.9 Å². The van der Waals surface area contributed by atoms with E-state index in [-0.39, 0.29) is 23.6 Å². The molecular formula is C30H23F9O4. The average molecular weight is 618 g/mol. The molecule has 3 aromatic rings. The second-order valence-electron chi connectivity index (χ2n) is 9.50. The summed E-state index contributed by atoms with van der Waals surface area (Å²) in [7, 11) is 0. The zero-order valence-corrected chi connectivity index (χ0v) is 22.3. The first-order chi connectivity index (χ1) is 20.3. The largest absolute Gasteiger partial charge is 0.432 e. The van der Waals surface area contributed by atoms with Crippen molar-refractivity contribution in [1.29, 1.82) is 0 Å². The third-order valence-corrected chi connectivity index (χ3v) is 6.08. The van der Waals surface area contributed by atoms with Gasteiger partial charge in [0.1, 0.15) is 40.1 Å². The van der Waals surface area contributed by atoms with Crippen molar-refractivity contribution in [2.24, 2.45) is 5.92 Å². The summed E-state index contributed by atoms with van der Waals surface area (Å²) < 4.78 is 145. The molecule has 1 saturated heterocycles. The van der Waals surface area contributed by atoms with Crippen molar-refractivity contribution in [3.8, 4) is 17.6 Å². The second kappa shape index (κ2) is 13.3. The summed E-state index contributed by atoms with van der Waals surface area (Å²) in [6, 6.07) is 7.16. The highest BCUT2D eigenvalue weighted by molar-refractivity contribution is 5.45. The van der Waals surface area contributed by atoms with Crippen molar-refractivity contribution in [3.63, 3.8) is 0 Å². The Morgan fingerprint density at radius 1 is 0.767 bits per heavy atom. The van der Waals surface area contributed by atoms with Crippen molar-refractivity contribution >= 4 is 0 Å². The zero-order chi connectivity index (χ0) is 31.4. The average Bonchev–Trinajstić information content (AvgIpc) is 2.91. The molecule has 3 aromatic carbocycles. The molecule has 0 spiro atoms. The first kappa shape index (κ1) is 32.2. The van der Waals surface area contributed by atoms with Crippen LogP contribution in [0.3, 0.4) is 0 Å². The van der Waals surface area contributed by atoms with Gasteiger partial charge in [-0.3, -0.25) is 0 Å². The third kappa shape index (κ3) is 8.01. The van der Waals surface area contributed by atoms with Crippen LogP contribution < -0.4 is 4.74 Å². The van der Waals surface area contributed by atoms with Crippen molar-refractivity contribution in [1.82, 2.24) is 0 Å². The van der Waals surface area contributed by atoms with Crippen LogP contribution in [-0.4, -0.2) is 26.4 Å². The minimum atomic E-state index is -5.46. The highest BCUT2D eigenvalue weighted by atomic mass is 19.4. The van der Waals surface area contributed by atoms with Gasteiger partial charge in [-0.15, -0.1) is 0 Å². The smallest absolute Gasteiger partial charge is 0.429 e. The number of hydrogen-bond donors (Lipinski definition) is 0. The normalized spacial score (nSPS) is 17.3. The van der Waals surface area contributed by atoms with Gasteiger partial charge >= 0.3 is 12.3 Å². The van der Waals surface area contributed by atoms with Crippen LogP contribution in [0.1, 0.15) is 47.5 Å². The Labute approximate surface area is 240 Å². The molecule has 4 rings (SSSR count). The Balaban J connectivity index is 1.44. The van der Waals surface area contributed by atoms with Gasteiger partial charge in [0.05, 0.1) is 19.8 Å². The Hall–Kier alpha value is -3.73. The minimum Gasteiger partial charge on any atom is -0.429 e. The molecule has 0 aliphatic carbocycles. The lowest BCUT2D eigenvalue weighted by atomic mass is 10.1. The predicted octanol–water partition coefficient (Wildman–Crippen LogP) is 7.88. The van der Waals surface area contributed by atoms with E-state index in [2.05, 4.69) is 16.6 Å². The Morgan fingerprint density at radius 2 is 1.30 bits per heavy atom. The summed E-state index contributed by atoms with van der Waals surface area (Å²) in [6.45, 7) is 4.09. The SMILES string of the molecule is CCCOCC1COC(c2ccc(C#Cc3cc(F)c(C(F)(F)Oc4cc(F)c(C(F)(F)F)c(F)c4)c(F)c3)cc2)OC1. The van der Waals surface area contributed by atoms with Crippen molar-refractivity contribution in [3.05, 3.63) is 99.6 Å². The number of benzene rings is 3. The van der Waals surface area contributed by atoms with E-state index in [0.717, 1.165) is 6.42 Å². The van der Waals surface area contributed by atoms with Gasteiger partial charge in [0, 0.05) is 41.3 Å². The van der Waals surface area contributed by atoms with E-state index in [1.165, 1.54) is 0 Å². The van der Waals surface area contributed by atoms with Crippen LogP contribution >= 0.6 is 0 Å². The number of rotatable bonds is 8. The van der Waals surface area contributed by atoms with E-state index in [9.17, 15) is 39.5 Å². The molecule has 0 bridgehead atoms. The van der Waals surface area contributed by atoms with Crippen LogP contribution in [0.5, 0.6) is 5.75 Å². The molecule has 0 amide bonds. The second-order valence-corrected chi connectivity index (χ2v) is 9.50. The van der Waals surface area contributed by atoms with Gasteiger partial charge in [-0.05, 0) is 30.7 Å². The van der Waals surface area contributed by atoms with Gasteiger partial charge in [0.15, 0.2) is 6.29 Å². The Bertz CT molecular complexity index is 1440. The summed E-state index contributed by atoms with van der Waals surface area (Å²) in [5.41, 5.74) is -3.49.